The Bertz CT molecular complexity index is 436. The van der Waals surface area contributed by atoms with Crippen molar-refractivity contribution in [1.82, 2.24) is 10.3 Å². The maximum atomic E-state index is 4.78. The fourth-order valence-electron chi connectivity index (χ4n) is 2.79. The Morgan fingerprint density at radius 2 is 1.85 bits per heavy atom. The minimum atomic E-state index is 0.926. The van der Waals surface area contributed by atoms with Crippen molar-refractivity contribution < 1.29 is 0 Å². The van der Waals surface area contributed by atoms with E-state index >= 15 is 0 Å². The Hall–Kier alpha value is -1.09. The van der Waals surface area contributed by atoms with Gasteiger partial charge in [0.25, 0.3) is 0 Å². The Kier molecular flexibility index (Phi) is 4.25. The lowest BCUT2D eigenvalue weighted by Crippen LogP contribution is -2.29. The highest BCUT2D eigenvalue weighted by molar-refractivity contribution is 5.48. The molecule has 3 heteroatoms. The maximum absolute atomic E-state index is 4.78. The third-order valence-electron chi connectivity index (χ3n) is 4.34. The maximum Gasteiger partial charge on any atom is 0.131 e. The average molecular weight is 273 g/mol. The molecule has 3 rings (SSSR count). The number of aromatic nitrogens is 1. The zero-order valence-corrected chi connectivity index (χ0v) is 12.9. The van der Waals surface area contributed by atoms with Crippen molar-refractivity contribution in [2.45, 2.75) is 46.1 Å². The molecule has 0 amide bonds. The van der Waals surface area contributed by atoms with E-state index in [1.807, 2.05) is 0 Å². The second-order valence-electron chi connectivity index (χ2n) is 6.56. The molecule has 0 aliphatic heterocycles. The van der Waals surface area contributed by atoms with Crippen molar-refractivity contribution >= 4 is 5.82 Å². The van der Waals surface area contributed by atoms with Crippen LogP contribution in [0.4, 0.5) is 5.82 Å². The number of rotatable bonds is 8. The van der Waals surface area contributed by atoms with Gasteiger partial charge in [-0.3, -0.25) is 0 Å². The molecule has 0 bridgehead atoms. The quantitative estimate of drug-likeness (QED) is 0.789. The Balaban J connectivity index is 1.70. The van der Waals surface area contributed by atoms with Gasteiger partial charge in [-0.2, -0.15) is 0 Å². The second kappa shape index (κ2) is 6.13. The predicted molar refractivity (Wildman–Crippen MR) is 84.0 cm³/mol. The summed E-state index contributed by atoms with van der Waals surface area (Å²) in [6, 6.07) is 2.30. The number of pyridine rings is 1. The molecule has 2 fully saturated rings. The van der Waals surface area contributed by atoms with Crippen LogP contribution in [0.5, 0.6) is 0 Å². The molecule has 1 N–H and O–H groups in total. The van der Waals surface area contributed by atoms with E-state index in [-0.39, 0.29) is 0 Å². The van der Waals surface area contributed by atoms with Crippen molar-refractivity contribution in [3.63, 3.8) is 0 Å². The fourth-order valence-corrected chi connectivity index (χ4v) is 2.79. The first-order valence-electron chi connectivity index (χ1n) is 8.17. The third-order valence-corrected chi connectivity index (χ3v) is 4.34. The molecule has 1 aromatic rings. The minimum Gasteiger partial charge on any atom is -0.356 e. The fraction of sp³-hybridized carbons (Fsp3) is 0.706. The van der Waals surface area contributed by atoms with Gasteiger partial charge in [-0.15, -0.1) is 0 Å². The summed E-state index contributed by atoms with van der Waals surface area (Å²) in [4.78, 5) is 7.34. The van der Waals surface area contributed by atoms with Crippen LogP contribution in [0.15, 0.2) is 12.3 Å². The van der Waals surface area contributed by atoms with Gasteiger partial charge in [0.05, 0.1) is 0 Å². The molecular weight excluding hydrogens is 246 g/mol. The second-order valence-corrected chi connectivity index (χ2v) is 6.56. The van der Waals surface area contributed by atoms with Crippen LogP contribution in [0, 0.1) is 18.8 Å². The van der Waals surface area contributed by atoms with E-state index in [4.69, 9.17) is 4.98 Å². The van der Waals surface area contributed by atoms with Gasteiger partial charge in [0.15, 0.2) is 0 Å². The van der Waals surface area contributed by atoms with Gasteiger partial charge in [-0.25, -0.2) is 4.98 Å². The minimum absolute atomic E-state index is 0.926. The molecule has 3 nitrogen and oxygen atoms in total. The Morgan fingerprint density at radius 3 is 2.35 bits per heavy atom. The number of hydrogen-bond acceptors (Lipinski definition) is 3. The smallest absolute Gasteiger partial charge is 0.131 e. The van der Waals surface area contributed by atoms with Crippen molar-refractivity contribution in [2.75, 3.05) is 24.5 Å². The van der Waals surface area contributed by atoms with Crippen molar-refractivity contribution in [3.8, 4) is 0 Å². The monoisotopic (exact) mass is 273 g/mol. The Labute approximate surface area is 122 Å². The van der Waals surface area contributed by atoms with Crippen LogP contribution in [0.2, 0.25) is 0 Å². The van der Waals surface area contributed by atoms with Gasteiger partial charge < -0.3 is 10.2 Å². The summed E-state index contributed by atoms with van der Waals surface area (Å²) in [6.07, 6.45) is 7.71. The molecule has 0 spiro atoms. The predicted octanol–water partition coefficient (Wildman–Crippen LogP) is 3.13. The summed E-state index contributed by atoms with van der Waals surface area (Å²) in [5, 5.41) is 3.37. The summed E-state index contributed by atoms with van der Waals surface area (Å²) in [5.41, 5.74) is 2.63. The SMILES string of the molecule is CCNCc1cnc(N(CC2CC2)CC2CC2)c(C)c1. The van der Waals surface area contributed by atoms with E-state index in [0.717, 1.165) is 24.9 Å². The molecule has 2 aliphatic rings. The number of anilines is 1. The lowest BCUT2D eigenvalue weighted by atomic mass is 10.1. The molecule has 20 heavy (non-hydrogen) atoms. The van der Waals surface area contributed by atoms with Gasteiger partial charge in [-0.1, -0.05) is 6.92 Å². The van der Waals surface area contributed by atoms with Crippen LogP contribution < -0.4 is 10.2 Å². The first kappa shape index (κ1) is 13.9. The van der Waals surface area contributed by atoms with E-state index in [1.54, 1.807) is 0 Å². The van der Waals surface area contributed by atoms with Gasteiger partial charge in [0.2, 0.25) is 0 Å². The van der Waals surface area contributed by atoms with Gasteiger partial charge in [0.1, 0.15) is 5.82 Å². The molecule has 110 valence electrons. The molecule has 0 atom stereocenters. The van der Waals surface area contributed by atoms with Crippen LogP contribution in [0.3, 0.4) is 0 Å². The zero-order valence-electron chi connectivity index (χ0n) is 12.9. The Morgan fingerprint density at radius 1 is 1.20 bits per heavy atom. The molecule has 1 aromatic heterocycles. The van der Waals surface area contributed by atoms with Crippen LogP contribution in [-0.2, 0) is 6.54 Å². The molecule has 0 aromatic carbocycles. The van der Waals surface area contributed by atoms with Crippen LogP contribution in [0.1, 0.15) is 43.7 Å². The largest absolute Gasteiger partial charge is 0.356 e. The highest BCUT2D eigenvalue weighted by Gasteiger charge is 2.30. The lowest BCUT2D eigenvalue weighted by Gasteiger charge is -2.25. The van der Waals surface area contributed by atoms with E-state index in [0.29, 0.717) is 0 Å². The van der Waals surface area contributed by atoms with Crippen molar-refractivity contribution in [2.24, 2.45) is 11.8 Å². The molecule has 0 radical (unpaired) electrons. The number of nitrogens with one attached hydrogen (secondary N) is 1. The molecule has 2 saturated carbocycles. The highest BCUT2D eigenvalue weighted by atomic mass is 15.2. The summed E-state index contributed by atoms with van der Waals surface area (Å²) >= 11 is 0. The first-order chi connectivity index (χ1) is 9.76. The number of aryl methyl sites for hydroxylation is 1. The van der Waals surface area contributed by atoms with E-state index in [2.05, 4.69) is 36.3 Å². The number of nitrogens with zero attached hydrogens (tertiary/aromatic N) is 2. The highest BCUT2D eigenvalue weighted by Crippen LogP contribution is 2.36. The topological polar surface area (TPSA) is 28.2 Å². The summed E-state index contributed by atoms with van der Waals surface area (Å²) in [7, 11) is 0. The van der Waals surface area contributed by atoms with Crippen molar-refractivity contribution in [1.29, 1.82) is 0 Å². The zero-order chi connectivity index (χ0) is 13.9. The van der Waals surface area contributed by atoms with E-state index < -0.39 is 0 Å². The normalized spacial score (nSPS) is 18.3. The van der Waals surface area contributed by atoms with Crippen LogP contribution in [-0.4, -0.2) is 24.6 Å². The first-order valence-corrected chi connectivity index (χ1v) is 8.17. The average Bonchev–Trinajstić information content (AvgIpc) is 3.31. The lowest BCUT2D eigenvalue weighted by molar-refractivity contribution is 0.667. The summed E-state index contributed by atoms with van der Waals surface area (Å²) < 4.78 is 0. The van der Waals surface area contributed by atoms with Gasteiger partial charge in [0, 0.05) is 25.8 Å². The molecule has 1 heterocycles. The van der Waals surface area contributed by atoms with Crippen molar-refractivity contribution in [3.05, 3.63) is 23.4 Å². The van der Waals surface area contributed by atoms with E-state index in [1.165, 1.54) is 55.7 Å². The molecule has 0 saturated heterocycles. The van der Waals surface area contributed by atoms with Gasteiger partial charge in [-0.05, 0) is 68.2 Å². The third kappa shape index (κ3) is 3.72. The van der Waals surface area contributed by atoms with Crippen LogP contribution in [0.25, 0.3) is 0 Å². The molecular formula is C17H27N3. The standard InChI is InChI=1S/C17H27N3/c1-3-18-9-16-8-13(2)17(19-10-16)20(11-14-4-5-14)12-15-6-7-15/h8,10,14-15,18H,3-7,9,11-12H2,1-2H3. The summed E-state index contributed by atoms with van der Waals surface area (Å²) in [6.45, 7) is 8.73. The molecule has 0 unspecified atom stereocenters. The molecule has 2 aliphatic carbocycles. The number of hydrogen-bond donors (Lipinski definition) is 1. The van der Waals surface area contributed by atoms with Gasteiger partial charge >= 0.3 is 0 Å². The van der Waals surface area contributed by atoms with Crippen LogP contribution >= 0.6 is 0 Å². The van der Waals surface area contributed by atoms with E-state index in [9.17, 15) is 0 Å². The summed E-state index contributed by atoms with van der Waals surface area (Å²) in [5.74, 6) is 3.08.